The first kappa shape index (κ1) is 10.8. The number of carbonyl (C=O) groups is 1. The Balaban J connectivity index is 4.17. The molecule has 0 radical (unpaired) electrons. The summed E-state index contributed by atoms with van der Waals surface area (Å²) in [7, 11) is 0. The van der Waals surface area contributed by atoms with E-state index in [4.69, 9.17) is 16.9 Å². The summed E-state index contributed by atoms with van der Waals surface area (Å²) in [6.07, 6.45) is 0. The van der Waals surface area contributed by atoms with E-state index < -0.39 is 10.1 Å². The van der Waals surface area contributed by atoms with Gasteiger partial charge < -0.3 is 0 Å². The van der Waals surface area contributed by atoms with Gasteiger partial charge in [0.15, 0.2) is 10.5 Å². The predicted molar refractivity (Wildman–Crippen MR) is 47.3 cm³/mol. The van der Waals surface area contributed by atoms with Crippen LogP contribution in [0.1, 0.15) is 20.8 Å². The van der Waals surface area contributed by atoms with Crippen molar-refractivity contribution in [3.05, 3.63) is 0 Å². The van der Waals surface area contributed by atoms with Gasteiger partial charge in [0.1, 0.15) is 5.40 Å². The van der Waals surface area contributed by atoms with Gasteiger partial charge in [-0.05, 0) is 11.8 Å². The normalized spacial score (nSPS) is 13.7. The SMILES string of the molecule is CC(C)(C)C(=O)C(Cl)SC#N. The lowest BCUT2D eigenvalue weighted by molar-refractivity contribution is -0.124. The molecule has 62 valence electrons. The fourth-order valence-electron chi connectivity index (χ4n) is 0.440. The Morgan fingerprint density at radius 1 is 1.64 bits per heavy atom. The Morgan fingerprint density at radius 2 is 2.09 bits per heavy atom. The van der Waals surface area contributed by atoms with Crippen LogP contribution >= 0.6 is 23.4 Å². The van der Waals surface area contributed by atoms with Crippen molar-refractivity contribution in [2.75, 3.05) is 0 Å². The molecule has 0 aromatic carbocycles. The molecule has 4 heteroatoms. The van der Waals surface area contributed by atoms with E-state index in [1.807, 2.05) is 0 Å². The van der Waals surface area contributed by atoms with Crippen LogP contribution in [-0.4, -0.2) is 10.5 Å². The van der Waals surface area contributed by atoms with Gasteiger partial charge in [0, 0.05) is 5.41 Å². The third kappa shape index (κ3) is 3.64. The maximum atomic E-state index is 11.3. The molecule has 0 N–H and O–H groups in total. The van der Waals surface area contributed by atoms with Gasteiger partial charge >= 0.3 is 0 Å². The minimum absolute atomic E-state index is 0.106. The molecule has 0 saturated heterocycles. The molecule has 11 heavy (non-hydrogen) atoms. The summed E-state index contributed by atoms with van der Waals surface area (Å²) >= 11 is 6.39. The Bertz CT molecular complexity index is 192. The molecule has 0 amide bonds. The molecule has 0 aliphatic heterocycles. The summed E-state index contributed by atoms with van der Waals surface area (Å²) in [5, 5.41) is 10.0. The number of carbonyl (C=O) groups excluding carboxylic acids is 1. The number of thioether (sulfide) groups is 1. The Labute approximate surface area is 75.9 Å². The second-order valence-corrected chi connectivity index (χ2v) is 4.72. The second-order valence-electron chi connectivity index (χ2n) is 3.14. The van der Waals surface area contributed by atoms with E-state index in [1.165, 1.54) is 0 Å². The minimum Gasteiger partial charge on any atom is -0.296 e. The quantitative estimate of drug-likeness (QED) is 0.497. The summed E-state index contributed by atoms with van der Waals surface area (Å²) in [6, 6.07) is 0. The number of hydrogen-bond donors (Lipinski definition) is 0. The first-order valence-electron chi connectivity index (χ1n) is 3.12. The van der Waals surface area contributed by atoms with E-state index >= 15 is 0 Å². The summed E-state index contributed by atoms with van der Waals surface area (Å²) in [5.41, 5.74) is -0.462. The zero-order chi connectivity index (χ0) is 9.07. The molecule has 0 fully saturated rings. The van der Waals surface area contributed by atoms with Gasteiger partial charge in [0.2, 0.25) is 0 Å². The Kier molecular flexibility index (Phi) is 3.91. The maximum Gasteiger partial charge on any atom is 0.167 e. The van der Waals surface area contributed by atoms with Crippen molar-refractivity contribution >= 4 is 29.1 Å². The van der Waals surface area contributed by atoms with Crippen LogP contribution in [0.2, 0.25) is 0 Å². The molecule has 2 nitrogen and oxygen atoms in total. The van der Waals surface area contributed by atoms with Crippen molar-refractivity contribution in [2.24, 2.45) is 5.41 Å². The first-order chi connectivity index (χ1) is 4.89. The third-order valence-electron chi connectivity index (χ3n) is 1.10. The number of ketones is 1. The highest BCUT2D eigenvalue weighted by Crippen LogP contribution is 2.25. The summed E-state index contributed by atoms with van der Waals surface area (Å²) in [5.74, 6) is -0.106. The van der Waals surface area contributed by atoms with E-state index in [0.29, 0.717) is 0 Å². The average Bonchev–Trinajstić information content (AvgIpc) is 1.85. The Morgan fingerprint density at radius 3 is 2.36 bits per heavy atom. The lowest BCUT2D eigenvalue weighted by Crippen LogP contribution is -2.26. The predicted octanol–water partition coefficient (Wildman–Crippen LogP) is 2.38. The van der Waals surface area contributed by atoms with Crippen LogP contribution < -0.4 is 0 Å². The molecule has 1 atom stereocenters. The molecular formula is C7H10ClNOS. The average molecular weight is 192 g/mol. The van der Waals surface area contributed by atoms with Gasteiger partial charge in [-0.2, -0.15) is 5.26 Å². The van der Waals surface area contributed by atoms with Gasteiger partial charge in [-0.15, -0.1) is 11.6 Å². The number of halogens is 1. The highest BCUT2D eigenvalue weighted by atomic mass is 35.5. The number of hydrogen-bond acceptors (Lipinski definition) is 3. The molecule has 0 aliphatic rings. The summed E-state index contributed by atoms with van der Waals surface area (Å²) in [6.45, 7) is 5.34. The van der Waals surface area contributed by atoms with Crippen molar-refractivity contribution in [3.63, 3.8) is 0 Å². The minimum atomic E-state index is -0.736. The smallest absolute Gasteiger partial charge is 0.167 e. The standard InChI is InChI=1S/C7H10ClNOS/c1-7(2,3)5(10)6(8)11-4-9/h6H,1-3H3. The van der Waals surface area contributed by atoms with Crippen molar-refractivity contribution in [1.82, 2.24) is 0 Å². The molecule has 0 heterocycles. The monoisotopic (exact) mass is 191 g/mol. The first-order valence-corrected chi connectivity index (χ1v) is 4.44. The third-order valence-corrected chi connectivity index (χ3v) is 2.09. The fourth-order valence-corrected chi connectivity index (χ4v) is 1.44. The van der Waals surface area contributed by atoms with Gasteiger partial charge in [0.05, 0.1) is 0 Å². The van der Waals surface area contributed by atoms with E-state index in [1.54, 1.807) is 26.2 Å². The largest absolute Gasteiger partial charge is 0.296 e. The van der Waals surface area contributed by atoms with E-state index in [-0.39, 0.29) is 5.78 Å². The van der Waals surface area contributed by atoms with Crippen molar-refractivity contribution in [1.29, 1.82) is 5.26 Å². The molecule has 0 bridgehead atoms. The molecule has 0 aromatic rings. The number of alkyl halides is 1. The van der Waals surface area contributed by atoms with Crippen molar-refractivity contribution in [2.45, 2.75) is 25.5 Å². The molecule has 0 spiro atoms. The number of nitrogens with zero attached hydrogens (tertiary/aromatic N) is 1. The molecule has 0 aromatic heterocycles. The second kappa shape index (κ2) is 3.99. The topological polar surface area (TPSA) is 40.9 Å². The highest BCUT2D eigenvalue weighted by molar-refractivity contribution is 8.06. The van der Waals surface area contributed by atoms with Crippen LogP contribution in [0, 0.1) is 16.1 Å². The van der Waals surface area contributed by atoms with Crippen LogP contribution in [-0.2, 0) is 4.79 Å². The number of thiocyanates is 1. The van der Waals surface area contributed by atoms with Gasteiger partial charge in [0.25, 0.3) is 0 Å². The summed E-state index contributed by atoms with van der Waals surface area (Å²) in [4.78, 5) is 11.3. The van der Waals surface area contributed by atoms with Gasteiger partial charge in [-0.25, -0.2) is 0 Å². The Hall–Kier alpha value is -0.200. The fraction of sp³-hybridized carbons (Fsp3) is 0.714. The summed E-state index contributed by atoms with van der Waals surface area (Å²) < 4.78 is -0.736. The highest BCUT2D eigenvalue weighted by Gasteiger charge is 2.28. The molecule has 0 rings (SSSR count). The van der Waals surface area contributed by atoms with Crippen molar-refractivity contribution in [3.8, 4) is 5.40 Å². The van der Waals surface area contributed by atoms with Crippen LogP contribution in [0.3, 0.4) is 0 Å². The van der Waals surface area contributed by atoms with E-state index in [2.05, 4.69) is 0 Å². The van der Waals surface area contributed by atoms with Crippen molar-refractivity contribution < 1.29 is 4.79 Å². The van der Waals surface area contributed by atoms with Gasteiger partial charge in [-0.1, -0.05) is 20.8 Å². The number of rotatable bonds is 2. The van der Waals surface area contributed by atoms with Gasteiger partial charge in [-0.3, -0.25) is 4.79 Å². The van der Waals surface area contributed by atoms with Crippen LogP contribution in [0.25, 0.3) is 0 Å². The number of nitriles is 1. The molecule has 0 saturated carbocycles. The van der Waals surface area contributed by atoms with E-state index in [9.17, 15) is 4.79 Å². The zero-order valence-corrected chi connectivity index (χ0v) is 8.29. The lowest BCUT2D eigenvalue weighted by Gasteiger charge is -2.17. The van der Waals surface area contributed by atoms with Crippen LogP contribution in [0.4, 0.5) is 0 Å². The van der Waals surface area contributed by atoms with Crippen LogP contribution in [0.15, 0.2) is 0 Å². The molecular weight excluding hydrogens is 182 g/mol. The lowest BCUT2D eigenvalue weighted by atomic mass is 9.92. The number of Topliss-reactive ketones (excluding diaryl/α,β-unsaturated/α-hetero) is 1. The zero-order valence-electron chi connectivity index (χ0n) is 6.72. The van der Waals surface area contributed by atoms with Crippen LogP contribution in [0.5, 0.6) is 0 Å². The molecule has 0 aliphatic carbocycles. The molecule has 1 unspecified atom stereocenters. The van der Waals surface area contributed by atoms with E-state index in [0.717, 1.165) is 11.8 Å². The maximum absolute atomic E-state index is 11.3.